The molecule has 0 heterocycles. The number of halogens is 1. The van der Waals surface area contributed by atoms with Crippen LogP contribution in [0.1, 0.15) is 12.5 Å². The fraction of sp³-hybridized carbons (Fsp3) is 0.278. The number of nitro groups is 1. The van der Waals surface area contributed by atoms with Gasteiger partial charge in [-0.1, -0.05) is 30.7 Å². The van der Waals surface area contributed by atoms with E-state index in [1.54, 1.807) is 19.1 Å². The molecule has 1 unspecified atom stereocenters. The zero-order valence-corrected chi connectivity index (χ0v) is 15.1. The van der Waals surface area contributed by atoms with Gasteiger partial charge in [0.1, 0.15) is 5.75 Å². The lowest BCUT2D eigenvalue weighted by atomic mass is 10.1. The number of benzene rings is 2. The van der Waals surface area contributed by atoms with Gasteiger partial charge in [-0.05, 0) is 36.9 Å². The number of carboxylic acids is 1. The zero-order valence-electron chi connectivity index (χ0n) is 14.4. The minimum atomic E-state index is -0.829. The van der Waals surface area contributed by atoms with Crippen molar-refractivity contribution in [3.8, 4) is 11.5 Å². The van der Waals surface area contributed by atoms with Crippen LogP contribution in [0.4, 0.5) is 5.69 Å². The molecular weight excluding hydrogens is 360 g/mol. The molecule has 0 aliphatic rings. The summed E-state index contributed by atoms with van der Waals surface area (Å²) in [5.41, 5.74) is 0.770. The Labute approximate surface area is 155 Å². The average molecular weight is 379 g/mol. The van der Waals surface area contributed by atoms with Crippen LogP contribution in [-0.2, 0) is 11.3 Å². The zero-order chi connectivity index (χ0) is 19.3. The van der Waals surface area contributed by atoms with Gasteiger partial charge in [-0.25, -0.2) is 0 Å². The van der Waals surface area contributed by atoms with Gasteiger partial charge in [0.2, 0.25) is 5.75 Å². The Bertz CT molecular complexity index is 795. The molecule has 7 nitrogen and oxygen atoms in total. The van der Waals surface area contributed by atoms with Crippen LogP contribution in [0.25, 0.3) is 0 Å². The number of nitro benzene ring substituents is 1. The number of rotatable bonds is 8. The molecule has 0 bridgehead atoms. The van der Waals surface area contributed by atoms with E-state index in [4.69, 9.17) is 21.4 Å². The van der Waals surface area contributed by atoms with Gasteiger partial charge in [0.15, 0.2) is 0 Å². The van der Waals surface area contributed by atoms with E-state index in [-0.39, 0.29) is 16.5 Å². The van der Waals surface area contributed by atoms with E-state index in [9.17, 15) is 14.9 Å². The second kappa shape index (κ2) is 8.64. The number of carboxylic acid groups (broad SMARTS) is 1. The summed E-state index contributed by atoms with van der Waals surface area (Å²) in [5.74, 6) is -0.710. The maximum Gasteiger partial charge on any atom is 0.313 e. The fourth-order valence-electron chi connectivity index (χ4n) is 2.43. The third kappa shape index (κ3) is 5.44. The molecular formula is C18H19ClN2O5. The van der Waals surface area contributed by atoms with E-state index in [0.717, 1.165) is 5.56 Å². The number of ether oxygens (including phenoxy) is 1. The van der Waals surface area contributed by atoms with Gasteiger partial charge < -0.3 is 14.7 Å². The van der Waals surface area contributed by atoms with Crippen LogP contribution in [0.5, 0.6) is 11.5 Å². The number of carbonyl (C=O) groups is 1. The van der Waals surface area contributed by atoms with Crippen LogP contribution in [0.3, 0.4) is 0 Å². The Morgan fingerprint density at radius 1 is 1.31 bits per heavy atom. The maximum atomic E-state index is 11.1. The molecule has 1 N–H and O–H groups in total. The molecule has 2 aromatic rings. The molecule has 0 aromatic heterocycles. The van der Waals surface area contributed by atoms with E-state index >= 15 is 0 Å². The van der Waals surface area contributed by atoms with Crippen LogP contribution in [0.15, 0.2) is 42.5 Å². The molecule has 2 rings (SSSR count). The summed E-state index contributed by atoms with van der Waals surface area (Å²) in [7, 11) is 1.85. The lowest BCUT2D eigenvalue weighted by Crippen LogP contribution is -2.28. The molecule has 1 atom stereocenters. The first-order valence-corrected chi connectivity index (χ1v) is 8.26. The molecule has 138 valence electrons. The van der Waals surface area contributed by atoms with Crippen molar-refractivity contribution in [2.45, 2.75) is 13.5 Å². The molecule has 0 fully saturated rings. The summed E-state index contributed by atoms with van der Waals surface area (Å²) in [6.07, 6.45) is 0. The molecule has 0 aliphatic carbocycles. The summed E-state index contributed by atoms with van der Waals surface area (Å²) in [4.78, 5) is 23.4. The molecule has 0 saturated carbocycles. The molecule has 26 heavy (non-hydrogen) atoms. The Morgan fingerprint density at radius 2 is 1.96 bits per heavy atom. The molecule has 0 amide bonds. The Balaban J connectivity index is 2.04. The second-order valence-electron chi connectivity index (χ2n) is 6.05. The van der Waals surface area contributed by atoms with Crippen molar-refractivity contribution in [1.29, 1.82) is 0 Å². The number of hydrogen-bond donors (Lipinski definition) is 1. The first kappa shape index (κ1) is 19.7. The smallest absolute Gasteiger partial charge is 0.313 e. The molecule has 0 spiro atoms. The maximum absolute atomic E-state index is 11.1. The Kier molecular flexibility index (Phi) is 6.54. The minimum absolute atomic E-state index is 0.111. The van der Waals surface area contributed by atoms with Gasteiger partial charge in [0.25, 0.3) is 0 Å². The normalized spacial score (nSPS) is 12.0. The van der Waals surface area contributed by atoms with E-state index in [0.29, 0.717) is 18.8 Å². The second-order valence-corrected chi connectivity index (χ2v) is 6.49. The van der Waals surface area contributed by atoms with Gasteiger partial charge in [-0.3, -0.25) is 14.9 Å². The molecule has 0 radical (unpaired) electrons. The topological polar surface area (TPSA) is 92.9 Å². The number of hydrogen-bond acceptors (Lipinski definition) is 5. The van der Waals surface area contributed by atoms with Crippen molar-refractivity contribution in [2.75, 3.05) is 13.6 Å². The number of nitrogens with zero attached hydrogens (tertiary/aromatic N) is 2. The molecule has 0 saturated heterocycles. The fourth-order valence-corrected chi connectivity index (χ4v) is 2.60. The summed E-state index contributed by atoms with van der Waals surface area (Å²) in [5, 5.41) is 20.3. The van der Waals surface area contributed by atoms with Gasteiger partial charge in [-0.2, -0.15) is 0 Å². The number of aliphatic carboxylic acids is 1. The van der Waals surface area contributed by atoms with Gasteiger partial charge in [0.05, 0.1) is 10.8 Å². The first-order valence-electron chi connectivity index (χ1n) is 7.88. The highest BCUT2D eigenvalue weighted by molar-refractivity contribution is 6.30. The highest BCUT2D eigenvalue weighted by atomic mass is 35.5. The quantitative estimate of drug-likeness (QED) is 0.546. The predicted octanol–water partition coefficient (Wildman–Crippen LogP) is 4.19. The van der Waals surface area contributed by atoms with Gasteiger partial charge in [0, 0.05) is 24.2 Å². The summed E-state index contributed by atoms with van der Waals surface area (Å²) in [6.45, 7) is 2.68. The van der Waals surface area contributed by atoms with Crippen LogP contribution in [0, 0.1) is 16.0 Å². The molecule has 8 heteroatoms. The third-order valence-electron chi connectivity index (χ3n) is 3.73. The lowest BCUT2D eigenvalue weighted by Gasteiger charge is -2.19. The molecule has 0 aliphatic heterocycles. The standard InChI is InChI=1S/C18H19ClN2O5/c1-12(18(22)23)10-20(2)11-13-3-6-15(7-4-13)26-17-8-5-14(19)9-16(17)21(24)25/h3-9,12H,10-11H2,1-2H3,(H,22,23). The van der Waals surface area contributed by atoms with Crippen molar-refractivity contribution in [3.05, 3.63) is 63.2 Å². The summed E-state index contributed by atoms with van der Waals surface area (Å²) in [6, 6.07) is 11.3. The van der Waals surface area contributed by atoms with Crippen LogP contribution in [0.2, 0.25) is 5.02 Å². The van der Waals surface area contributed by atoms with Gasteiger partial charge >= 0.3 is 11.7 Å². The van der Waals surface area contributed by atoms with Crippen molar-refractivity contribution in [1.82, 2.24) is 4.90 Å². The van der Waals surface area contributed by atoms with Crippen LogP contribution < -0.4 is 4.74 Å². The van der Waals surface area contributed by atoms with Crippen molar-refractivity contribution in [3.63, 3.8) is 0 Å². The largest absolute Gasteiger partial charge is 0.481 e. The Hall–Kier alpha value is -2.64. The van der Waals surface area contributed by atoms with Crippen molar-refractivity contribution < 1.29 is 19.6 Å². The predicted molar refractivity (Wildman–Crippen MR) is 97.8 cm³/mol. The van der Waals surface area contributed by atoms with E-state index in [1.807, 2.05) is 24.1 Å². The first-order chi connectivity index (χ1) is 12.3. The highest BCUT2D eigenvalue weighted by Gasteiger charge is 2.17. The van der Waals surface area contributed by atoms with E-state index < -0.39 is 16.8 Å². The van der Waals surface area contributed by atoms with Crippen molar-refractivity contribution in [2.24, 2.45) is 5.92 Å². The lowest BCUT2D eigenvalue weighted by molar-refractivity contribution is -0.385. The SMILES string of the molecule is CC(CN(C)Cc1ccc(Oc2ccc(Cl)cc2[N+](=O)[O-])cc1)C(=O)O. The van der Waals surface area contributed by atoms with E-state index in [1.165, 1.54) is 18.2 Å². The Morgan fingerprint density at radius 3 is 2.54 bits per heavy atom. The average Bonchev–Trinajstić information content (AvgIpc) is 2.57. The van der Waals surface area contributed by atoms with Crippen molar-refractivity contribution >= 4 is 23.3 Å². The summed E-state index contributed by atoms with van der Waals surface area (Å²) >= 11 is 5.79. The third-order valence-corrected chi connectivity index (χ3v) is 3.96. The van der Waals surface area contributed by atoms with Gasteiger partial charge in [-0.15, -0.1) is 0 Å². The van der Waals surface area contributed by atoms with E-state index in [2.05, 4.69) is 0 Å². The summed E-state index contributed by atoms with van der Waals surface area (Å²) < 4.78 is 5.59. The minimum Gasteiger partial charge on any atom is -0.481 e. The monoisotopic (exact) mass is 378 g/mol. The highest BCUT2D eigenvalue weighted by Crippen LogP contribution is 2.33. The van der Waals surface area contributed by atoms with Crippen LogP contribution in [-0.4, -0.2) is 34.5 Å². The molecule has 2 aromatic carbocycles. The van der Waals surface area contributed by atoms with Crippen LogP contribution >= 0.6 is 11.6 Å².